The largest absolute Gasteiger partial charge is 0.399 e. The number of amides is 2. The topological polar surface area (TPSA) is 102 Å². The van der Waals surface area contributed by atoms with Crippen molar-refractivity contribution in [3.8, 4) is 6.07 Å². The molecule has 7 nitrogen and oxygen atoms in total. The summed E-state index contributed by atoms with van der Waals surface area (Å²) in [5, 5.41) is 12.5. The van der Waals surface area contributed by atoms with Crippen molar-refractivity contribution in [2.24, 2.45) is 0 Å². The van der Waals surface area contributed by atoms with Crippen molar-refractivity contribution < 1.29 is 9.59 Å². The molecule has 0 unspecified atom stereocenters. The van der Waals surface area contributed by atoms with Crippen molar-refractivity contribution in [1.82, 2.24) is 9.80 Å². The summed E-state index contributed by atoms with van der Waals surface area (Å²) >= 11 is 6.04. The molecule has 2 amide bonds. The molecule has 1 aliphatic heterocycles. The number of nitrogens with one attached hydrogen (secondary N) is 1. The predicted molar refractivity (Wildman–Crippen MR) is 92.0 cm³/mol. The van der Waals surface area contributed by atoms with Crippen LogP contribution in [0.15, 0.2) is 30.0 Å². The second kappa shape index (κ2) is 7.70. The Morgan fingerprint density at radius 1 is 1.29 bits per heavy atom. The lowest BCUT2D eigenvalue weighted by Crippen LogP contribution is -2.50. The summed E-state index contributed by atoms with van der Waals surface area (Å²) in [6.07, 6.45) is 1.33. The van der Waals surface area contributed by atoms with Crippen LogP contribution in [0.1, 0.15) is 6.92 Å². The van der Waals surface area contributed by atoms with Crippen LogP contribution in [0.5, 0.6) is 0 Å². The van der Waals surface area contributed by atoms with Gasteiger partial charge in [0.05, 0.1) is 10.7 Å². The standard InChI is InChI=1S/C16H18ClN5O2/c1-11(23)21-4-6-22(7-5-21)16(24)12(9-18)10-20-15-3-2-13(19)8-14(15)17/h2-3,8,10,20H,4-7,19H2,1H3/b12-10-. The number of halogens is 1. The van der Waals surface area contributed by atoms with Gasteiger partial charge in [-0.15, -0.1) is 0 Å². The molecule has 0 aliphatic carbocycles. The molecule has 0 saturated carbocycles. The highest BCUT2D eigenvalue weighted by Crippen LogP contribution is 2.24. The molecule has 1 heterocycles. The molecule has 24 heavy (non-hydrogen) atoms. The number of nitriles is 1. The number of carbonyl (C=O) groups is 2. The van der Waals surface area contributed by atoms with E-state index in [1.54, 1.807) is 28.0 Å². The molecule has 1 aromatic carbocycles. The molecule has 126 valence electrons. The Morgan fingerprint density at radius 3 is 2.46 bits per heavy atom. The number of anilines is 2. The van der Waals surface area contributed by atoms with Crippen molar-refractivity contribution in [3.05, 3.63) is 35.0 Å². The van der Waals surface area contributed by atoms with E-state index in [2.05, 4.69) is 5.32 Å². The lowest BCUT2D eigenvalue weighted by molar-refractivity contribution is -0.136. The fraction of sp³-hybridized carbons (Fsp3) is 0.312. The third-order valence-corrected chi connectivity index (χ3v) is 4.04. The van der Waals surface area contributed by atoms with E-state index in [4.69, 9.17) is 17.3 Å². The molecule has 0 spiro atoms. The van der Waals surface area contributed by atoms with Crippen molar-refractivity contribution in [2.45, 2.75) is 6.92 Å². The van der Waals surface area contributed by atoms with Crippen molar-refractivity contribution in [2.75, 3.05) is 37.2 Å². The van der Waals surface area contributed by atoms with Crippen molar-refractivity contribution in [1.29, 1.82) is 5.26 Å². The predicted octanol–water partition coefficient (Wildman–Crippen LogP) is 1.43. The maximum Gasteiger partial charge on any atom is 0.266 e. The Morgan fingerprint density at radius 2 is 1.92 bits per heavy atom. The first-order valence-corrected chi connectivity index (χ1v) is 7.76. The first-order chi connectivity index (χ1) is 11.4. The maximum atomic E-state index is 12.4. The van der Waals surface area contributed by atoms with E-state index in [0.29, 0.717) is 42.6 Å². The van der Waals surface area contributed by atoms with Gasteiger partial charge in [-0.25, -0.2) is 0 Å². The second-order valence-corrected chi connectivity index (χ2v) is 5.76. The number of nitrogens with zero attached hydrogens (tertiary/aromatic N) is 3. The Labute approximate surface area is 145 Å². The van der Waals surface area contributed by atoms with E-state index in [1.807, 2.05) is 6.07 Å². The molecular formula is C16H18ClN5O2. The van der Waals surface area contributed by atoms with Gasteiger partial charge in [-0.2, -0.15) is 5.26 Å². The molecule has 0 bridgehead atoms. The number of nitrogens with two attached hydrogens (primary N) is 1. The first-order valence-electron chi connectivity index (χ1n) is 7.39. The van der Waals surface area contributed by atoms with Gasteiger partial charge in [-0.3, -0.25) is 9.59 Å². The second-order valence-electron chi connectivity index (χ2n) is 5.35. The molecule has 1 fully saturated rings. The zero-order valence-corrected chi connectivity index (χ0v) is 14.0. The van der Waals surface area contributed by atoms with Gasteiger partial charge in [-0.05, 0) is 18.2 Å². The molecule has 0 aromatic heterocycles. The summed E-state index contributed by atoms with van der Waals surface area (Å²) in [5.74, 6) is -0.391. The van der Waals surface area contributed by atoms with Crippen LogP contribution in [0.3, 0.4) is 0 Å². The highest BCUT2D eigenvalue weighted by Gasteiger charge is 2.24. The van der Waals surface area contributed by atoms with Crippen LogP contribution >= 0.6 is 11.6 Å². The van der Waals surface area contributed by atoms with Crippen LogP contribution in [-0.2, 0) is 9.59 Å². The van der Waals surface area contributed by atoms with E-state index in [9.17, 15) is 14.9 Å². The summed E-state index contributed by atoms with van der Waals surface area (Å²) in [6, 6.07) is 6.80. The zero-order valence-electron chi connectivity index (χ0n) is 13.3. The van der Waals surface area contributed by atoms with Gasteiger partial charge >= 0.3 is 0 Å². The van der Waals surface area contributed by atoms with Crippen LogP contribution in [0, 0.1) is 11.3 Å². The highest BCUT2D eigenvalue weighted by atomic mass is 35.5. The van der Waals surface area contributed by atoms with E-state index < -0.39 is 0 Å². The molecule has 3 N–H and O–H groups in total. The Kier molecular flexibility index (Phi) is 5.66. The van der Waals surface area contributed by atoms with Crippen molar-refractivity contribution in [3.63, 3.8) is 0 Å². The summed E-state index contributed by atoms with van der Waals surface area (Å²) in [4.78, 5) is 26.9. The molecule has 1 aliphatic rings. The maximum absolute atomic E-state index is 12.4. The fourth-order valence-electron chi connectivity index (χ4n) is 2.33. The number of benzene rings is 1. The minimum Gasteiger partial charge on any atom is -0.399 e. The quantitative estimate of drug-likeness (QED) is 0.489. The number of hydrogen-bond donors (Lipinski definition) is 2. The summed E-state index contributed by atoms with van der Waals surface area (Å²) in [5.41, 5.74) is 6.66. The van der Waals surface area contributed by atoms with Crippen LogP contribution in [-0.4, -0.2) is 47.8 Å². The van der Waals surface area contributed by atoms with Gasteiger partial charge in [0.2, 0.25) is 5.91 Å². The monoisotopic (exact) mass is 347 g/mol. The number of nitrogen functional groups attached to an aromatic ring is 1. The minimum absolute atomic E-state index is 0.0159. The number of rotatable bonds is 3. The number of carbonyl (C=O) groups excluding carboxylic acids is 2. The van der Waals surface area contributed by atoms with Crippen LogP contribution in [0.2, 0.25) is 5.02 Å². The lowest BCUT2D eigenvalue weighted by atomic mass is 10.2. The van der Waals surface area contributed by atoms with E-state index in [-0.39, 0.29) is 17.4 Å². The molecule has 0 atom stereocenters. The summed E-state index contributed by atoms with van der Waals surface area (Å²) in [6.45, 7) is 3.24. The lowest BCUT2D eigenvalue weighted by Gasteiger charge is -2.34. The normalized spacial score (nSPS) is 15.0. The molecule has 1 saturated heterocycles. The first kappa shape index (κ1) is 17.6. The third-order valence-electron chi connectivity index (χ3n) is 3.73. The number of piperazine rings is 1. The fourth-order valence-corrected chi connectivity index (χ4v) is 2.58. The summed E-state index contributed by atoms with van der Waals surface area (Å²) < 4.78 is 0. The average Bonchev–Trinajstić information content (AvgIpc) is 2.57. The molecule has 8 heteroatoms. The van der Waals surface area contributed by atoms with Gasteiger partial charge in [0.1, 0.15) is 11.6 Å². The van der Waals surface area contributed by atoms with Gasteiger partial charge in [0.15, 0.2) is 0 Å². The van der Waals surface area contributed by atoms with Crippen LogP contribution < -0.4 is 11.1 Å². The molecule has 0 radical (unpaired) electrons. The smallest absolute Gasteiger partial charge is 0.266 e. The Bertz CT molecular complexity index is 718. The minimum atomic E-state index is -0.375. The third kappa shape index (κ3) is 4.18. The van der Waals surface area contributed by atoms with Gasteiger partial charge in [0.25, 0.3) is 5.91 Å². The number of hydrogen-bond acceptors (Lipinski definition) is 5. The van der Waals surface area contributed by atoms with Gasteiger partial charge in [0, 0.05) is 45.0 Å². The Balaban J connectivity index is 2.04. The van der Waals surface area contributed by atoms with Crippen LogP contribution in [0.25, 0.3) is 0 Å². The summed E-state index contributed by atoms with van der Waals surface area (Å²) in [7, 11) is 0. The van der Waals surface area contributed by atoms with Crippen molar-refractivity contribution >= 4 is 34.8 Å². The highest BCUT2D eigenvalue weighted by molar-refractivity contribution is 6.33. The molecule has 2 rings (SSSR count). The van der Waals surface area contributed by atoms with Crippen LogP contribution in [0.4, 0.5) is 11.4 Å². The SMILES string of the molecule is CC(=O)N1CCN(C(=O)/C(C#N)=C\Nc2ccc(N)cc2Cl)CC1. The van der Waals surface area contributed by atoms with E-state index in [0.717, 1.165) is 0 Å². The molecule has 1 aromatic rings. The van der Waals surface area contributed by atoms with E-state index in [1.165, 1.54) is 13.1 Å². The Hall–Kier alpha value is -2.72. The zero-order chi connectivity index (χ0) is 17.7. The van der Waals surface area contributed by atoms with E-state index >= 15 is 0 Å². The van der Waals surface area contributed by atoms with Gasteiger partial charge < -0.3 is 20.9 Å². The molecular weight excluding hydrogens is 330 g/mol. The average molecular weight is 348 g/mol. The van der Waals surface area contributed by atoms with Gasteiger partial charge in [-0.1, -0.05) is 11.6 Å².